The molecule has 49 heavy (non-hydrogen) atoms. The Morgan fingerprint density at radius 2 is 0.918 bits per heavy atom. The summed E-state index contributed by atoms with van der Waals surface area (Å²) in [5, 5.41) is 0. The first-order valence-corrected chi connectivity index (χ1v) is 17.2. The Labute approximate surface area is 292 Å². The van der Waals surface area contributed by atoms with Crippen LogP contribution in [0.1, 0.15) is 79.2 Å². The van der Waals surface area contributed by atoms with Crippen LogP contribution in [0.4, 0.5) is 0 Å². The lowest BCUT2D eigenvalue weighted by atomic mass is 10.1. The van der Waals surface area contributed by atoms with Gasteiger partial charge in [-0.15, -0.1) is 0 Å². The third-order valence-corrected chi connectivity index (χ3v) is 7.84. The Hall–Kier alpha value is -4.72. The van der Waals surface area contributed by atoms with Gasteiger partial charge in [0.2, 0.25) is 0 Å². The summed E-state index contributed by atoms with van der Waals surface area (Å²) in [6.45, 7) is 16.0. The molecule has 0 aromatic heterocycles. The molecule has 0 aliphatic rings. The lowest BCUT2D eigenvalue weighted by molar-refractivity contribution is -0.138. The first-order chi connectivity index (χ1) is 23.8. The molecule has 8 nitrogen and oxygen atoms in total. The van der Waals surface area contributed by atoms with E-state index < -0.39 is 0 Å². The third-order valence-electron chi connectivity index (χ3n) is 7.84. The van der Waals surface area contributed by atoms with Crippen molar-refractivity contribution in [2.75, 3.05) is 26.4 Å². The minimum absolute atomic E-state index is 0.370. The topological polar surface area (TPSA) is 89.5 Å². The Balaban J connectivity index is 1.34. The van der Waals surface area contributed by atoms with Gasteiger partial charge < -0.3 is 28.4 Å². The molecule has 0 saturated heterocycles. The van der Waals surface area contributed by atoms with Crippen LogP contribution in [-0.4, -0.2) is 38.4 Å². The molecule has 0 atom stereocenters. The second-order valence-electron chi connectivity index (χ2n) is 12.0. The van der Waals surface area contributed by atoms with Crippen molar-refractivity contribution in [1.82, 2.24) is 0 Å². The second-order valence-corrected chi connectivity index (χ2v) is 12.0. The molecule has 0 radical (unpaired) electrons. The molecule has 0 N–H and O–H groups in total. The van der Waals surface area contributed by atoms with Gasteiger partial charge in [-0.05, 0) is 142 Å². The largest absolute Gasteiger partial charge is 0.493 e. The van der Waals surface area contributed by atoms with Crippen molar-refractivity contribution in [3.8, 4) is 23.0 Å². The average molecular weight is 673 g/mol. The van der Waals surface area contributed by atoms with E-state index in [1.807, 2.05) is 63.2 Å². The van der Waals surface area contributed by atoms with Gasteiger partial charge in [0.15, 0.2) is 0 Å². The number of carbonyl (C=O) groups is 2. The Kier molecular flexibility index (Phi) is 17.4. The number of hydrogen-bond acceptors (Lipinski definition) is 8. The predicted octanol–water partition coefficient (Wildman–Crippen LogP) is 9.11. The number of esters is 2. The summed E-state index contributed by atoms with van der Waals surface area (Å²) in [4.78, 5) is 22.1. The summed E-state index contributed by atoms with van der Waals surface area (Å²) in [5.74, 6) is 2.63. The lowest BCUT2D eigenvalue weighted by Crippen LogP contribution is -2.03. The van der Waals surface area contributed by atoms with E-state index in [2.05, 4.69) is 25.3 Å². The molecule has 0 spiro atoms. The fourth-order valence-corrected chi connectivity index (χ4v) is 5.07. The first kappa shape index (κ1) is 38.7. The first-order valence-electron chi connectivity index (χ1n) is 17.2. The number of hydrogen-bond donors (Lipinski definition) is 0. The summed E-state index contributed by atoms with van der Waals surface area (Å²) in [7, 11) is 0. The molecule has 0 aliphatic heterocycles. The van der Waals surface area contributed by atoms with E-state index in [-0.39, 0.29) is 11.9 Å². The van der Waals surface area contributed by atoms with Gasteiger partial charge in [0.05, 0.1) is 26.4 Å². The van der Waals surface area contributed by atoms with Crippen LogP contribution >= 0.6 is 0 Å². The van der Waals surface area contributed by atoms with Crippen molar-refractivity contribution >= 4 is 11.9 Å². The van der Waals surface area contributed by atoms with Crippen LogP contribution in [0.25, 0.3) is 0 Å². The maximum atomic E-state index is 11.1. The van der Waals surface area contributed by atoms with Crippen molar-refractivity contribution < 1.29 is 38.0 Å². The maximum absolute atomic E-state index is 11.1. The molecule has 3 rings (SSSR count). The lowest BCUT2D eigenvalue weighted by Gasteiger charge is -2.14. The minimum atomic E-state index is -0.370. The molecule has 0 fully saturated rings. The summed E-state index contributed by atoms with van der Waals surface area (Å²) < 4.78 is 34.2. The molecule has 0 aliphatic carbocycles. The van der Waals surface area contributed by atoms with Gasteiger partial charge in [0.1, 0.15) is 36.2 Å². The SMILES string of the molecule is C=CC(=O)OCCCCCCOc1ccc(COc2ccc(OCc3ccc(OCCCCCCOC(=O)C=C)c(C)c3)c(C)c2)cc1C. The van der Waals surface area contributed by atoms with Crippen LogP contribution < -0.4 is 18.9 Å². The van der Waals surface area contributed by atoms with Crippen LogP contribution in [0.5, 0.6) is 23.0 Å². The molecule has 0 saturated carbocycles. The maximum Gasteiger partial charge on any atom is 0.330 e. The van der Waals surface area contributed by atoms with E-state index in [0.717, 1.165) is 102 Å². The molecular weight excluding hydrogens is 620 g/mol. The molecule has 3 aromatic rings. The van der Waals surface area contributed by atoms with Crippen molar-refractivity contribution in [2.45, 2.75) is 85.4 Å². The molecule has 0 amide bonds. The number of aryl methyl sites for hydroxylation is 3. The quantitative estimate of drug-likeness (QED) is 0.0529. The van der Waals surface area contributed by atoms with E-state index in [9.17, 15) is 9.59 Å². The normalized spacial score (nSPS) is 10.6. The summed E-state index contributed by atoms with van der Waals surface area (Å²) in [5.41, 5.74) is 5.30. The zero-order valence-electron chi connectivity index (χ0n) is 29.4. The Bertz CT molecular complexity index is 1490. The van der Waals surface area contributed by atoms with Gasteiger partial charge in [0.25, 0.3) is 0 Å². The number of rotatable bonds is 24. The highest BCUT2D eigenvalue weighted by Gasteiger charge is 2.08. The number of unbranched alkanes of at least 4 members (excludes halogenated alkanes) is 6. The standard InChI is InChI=1S/C41H52O8/c1-6-40(42)46-24-14-10-8-12-22-44-37-19-16-34(26-31(37)3)29-48-36-18-21-39(33(5)28-36)49-30-35-17-20-38(32(4)27-35)45-23-13-9-11-15-25-47-41(43)7-2/h6-7,16-21,26-28H,1-2,8-15,22-25,29-30H2,3-5H3. The minimum Gasteiger partial charge on any atom is -0.493 e. The van der Waals surface area contributed by atoms with E-state index in [1.165, 1.54) is 12.2 Å². The van der Waals surface area contributed by atoms with Crippen molar-refractivity contribution in [2.24, 2.45) is 0 Å². The van der Waals surface area contributed by atoms with Crippen LogP contribution in [0.3, 0.4) is 0 Å². The molecular formula is C41H52O8. The smallest absolute Gasteiger partial charge is 0.330 e. The van der Waals surface area contributed by atoms with Gasteiger partial charge in [-0.1, -0.05) is 25.3 Å². The highest BCUT2D eigenvalue weighted by atomic mass is 16.5. The molecule has 8 heteroatoms. The van der Waals surface area contributed by atoms with E-state index in [4.69, 9.17) is 28.4 Å². The third kappa shape index (κ3) is 14.9. The average Bonchev–Trinajstić information content (AvgIpc) is 3.10. The second kappa shape index (κ2) is 22.0. The van der Waals surface area contributed by atoms with E-state index >= 15 is 0 Å². The van der Waals surface area contributed by atoms with Crippen LogP contribution in [0.15, 0.2) is 79.9 Å². The summed E-state index contributed by atoms with van der Waals surface area (Å²) in [6.07, 6.45) is 9.97. The molecule has 0 bridgehead atoms. The van der Waals surface area contributed by atoms with Crippen molar-refractivity contribution in [3.05, 3.63) is 108 Å². The van der Waals surface area contributed by atoms with Crippen LogP contribution in [-0.2, 0) is 32.3 Å². The molecule has 0 unspecified atom stereocenters. The zero-order chi connectivity index (χ0) is 35.3. The van der Waals surface area contributed by atoms with E-state index in [0.29, 0.717) is 39.6 Å². The van der Waals surface area contributed by atoms with Gasteiger partial charge >= 0.3 is 11.9 Å². The zero-order valence-corrected chi connectivity index (χ0v) is 29.4. The van der Waals surface area contributed by atoms with Gasteiger partial charge in [-0.25, -0.2) is 9.59 Å². The fourth-order valence-electron chi connectivity index (χ4n) is 5.07. The highest BCUT2D eigenvalue weighted by Crippen LogP contribution is 2.27. The van der Waals surface area contributed by atoms with Gasteiger partial charge in [0, 0.05) is 12.2 Å². The number of carbonyl (C=O) groups excluding carboxylic acids is 2. The Morgan fingerprint density at radius 1 is 0.510 bits per heavy atom. The summed E-state index contributed by atoms with van der Waals surface area (Å²) in [6, 6.07) is 18.2. The highest BCUT2D eigenvalue weighted by molar-refractivity contribution is 5.81. The van der Waals surface area contributed by atoms with Crippen molar-refractivity contribution in [3.63, 3.8) is 0 Å². The monoisotopic (exact) mass is 672 g/mol. The van der Waals surface area contributed by atoms with Gasteiger partial charge in [-0.3, -0.25) is 0 Å². The molecule has 0 heterocycles. The van der Waals surface area contributed by atoms with E-state index in [1.54, 1.807) is 0 Å². The number of ether oxygens (including phenoxy) is 6. The molecule has 3 aromatic carbocycles. The van der Waals surface area contributed by atoms with Crippen molar-refractivity contribution in [1.29, 1.82) is 0 Å². The summed E-state index contributed by atoms with van der Waals surface area (Å²) >= 11 is 0. The van der Waals surface area contributed by atoms with Crippen LogP contribution in [0.2, 0.25) is 0 Å². The van der Waals surface area contributed by atoms with Gasteiger partial charge in [-0.2, -0.15) is 0 Å². The molecule has 264 valence electrons. The predicted molar refractivity (Wildman–Crippen MR) is 192 cm³/mol. The number of benzene rings is 3. The van der Waals surface area contributed by atoms with Crippen LogP contribution in [0, 0.1) is 20.8 Å². The Morgan fingerprint density at radius 3 is 1.37 bits per heavy atom. The fraction of sp³-hybridized carbons (Fsp3) is 0.415.